The third-order valence-corrected chi connectivity index (χ3v) is 1.86. The molecule has 0 aromatic heterocycles. The molecule has 0 aliphatic rings. The highest BCUT2D eigenvalue weighted by Crippen LogP contribution is 2.14. The molecule has 0 amide bonds. The van der Waals surface area contributed by atoms with Gasteiger partial charge in [0.15, 0.2) is 0 Å². The van der Waals surface area contributed by atoms with Gasteiger partial charge in [0.05, 0.1) is 24.4 Å². The quantitative estimate of drug-likeness (QED) is 0.409. The first-order chi connectivity index (χ1) is 7.62. The first kappa shape index (κ1) is 14.4. The maximum atomic E-state index is 11.5. The van der Waals surface area contributed by atoms with Crippen molar-refractivity contribution in [2.75, 3.05) is 13.2 Å². The molecule has 0 radical (unpaired) electrons. The van der Waals surface area contributed by atoms with Crippen molar-refractivity contribution in [2.45, 2.75) is 27.7 Å². The van der Waals surface area contributed by atoms with Crippen molar-refractivity contribution in [2.24, 2.45) is 0 Å². The number of esters is 2. The number of carbonyl (C=O) groups excluding carboxylic acids is 2. The van der Waals surface area contributed by atoms with E-state index in [4.69, 9.17) is 9.47 Å². The molecule has 0 aromatic rings. The smallest absolute Gasteiger partial charge is 0.338 e. The maximum Gasteiger partial charge on any atom is 0.338 e. The second kappa shape index (κ2) is 7.68. The van der Waals surface area contributed by atoms with Gasteiger partial charge < -0.3 is 9.47 Å². The van der Waals surface area contributed by atoms with Gasteiger partial charge in [0.2, 0.25) is 0 Å². The van der Waals surface area contributed by atoms with Gasteiger partial charge in [-0.05, 0) is 27.7 Å². The molecule has 0 fully saturated rings. The fourth-order valence-corrected chi connectivity index (χ4v) is 1.18. The maximum absolute atomic E-state index is 11.5. The van der Waals surface area contributed by atoms with E-state index in [1.54, 1.807) is 39.8 Å². The summed E-state index contributed by atoms with van der Waals surface area (Å²) in [5.41, 5.74) is 0.477. The monoisotopic (exact) mass is 226 g/mol. The van der Waals surface area contributed by atoms with Crippen LogP contribution >= 0.6 is 0 Å². The summed E-state index contributed by atoms with van der Waals surface area (Å²) in [6.45, 7) is 7.33. The fourth-order valence-electron chi connectivity index (χ4n) is 1.18. The molecule has 0 unspecified atom stereocenters. The van der Waals surface area contributed by atoms with Crippen LogP contribution in [-0.4, -0.2) is 25.2 Å². The molecule has 0 aliphatic heterocycles. The Morgan fingerprint density at radius 3 is 1.38 bits per heavy atom. The minimum atomic E-state index is -0.508. The summed E-state index contributed by atoms with van der Waals surface area (Å²) in [5.74, 6) is -1.02. The number of ether oxygens (including phenoxy) is 2. The summed E-state index contributed by atoms with van der Waals surface area (Å²) in [7, 11) is 0. The van der Waals surface area contributed by atoms with Gasteiger partial charge in [0.25, 0.3) is 0 Å². The van der Waals surface area contributed by atoms with E-state index in [1.165, 1.54) is 0 Å². The van der Waals surface area contributed by atoms with E-state index >= 15 is 0 Å². The minimum Gasteiger partial charge on any atom is -0.462 e. The van der Waals surface area contributed by atoms with E-state index in [0.29, 0.717) is 0 Å². The van der Waals surface area contributed by atoms with Gasteiger partial charge in [-0.2, -0.15) is 0 Å². The molecule has 0 heterocycles. The summed E-state index contributed by atoms with van der Waals surface area (Å²) in [6.07, 6.45) is 3.09. The lowest BCUT2D eigenvalue weighted by molar-refractivity contribution is -0.142. The Kier molecular flexibility index (Phi) is 6.92. The number of allylic oxidation sites excluding steroid dienone is 2. The van der Waals surface area contributed by atoms with Crippen molar-refractivity contribution < 1.29 is 19.1 Å². The van der Waals surface area contributed by atoms with Gasteiger partial charge >= 0.3 is 11.9 Å². The van der Waals surface area contributed by atoms with Crippen LogP contribution in [0, 0.1) is 0 Å². The van der Waals surface area contributed by atoms with Gasteiger partial charge in [-0.3, -0.25) is 0 Å². The summed E-state index contributed by atoms with van der Waals surface area (Å²) < 4.78 is 9.70. The lowest BCUT2D eigenvalue weighted by Gasteiger charge is -2.09. The minimum absolute atomic E-state index is 0.239. The van der Waals surface area contributed by atoms with Crippen molar-refractivity contribution in [3.05, 3.63) is 23.3 Å². The Morgan fingerprint density at radius 2 is 1.19 bits per heavy atom. The average Bonchev–Trinajstić information content (AvgIpc) is 2.25. The normalized spacial score (nSPS) is 12.2. The molecule has 0 saturated carbocycles. The van der Waals surface area contributed by atoms with E-state index in [9.17, 15) is 9.59 Å². The van der Waals surface area contributed by atoms with Crippen LogP contribution < -0.4 is 0 Å². The van der Waals surface area contributed by atoms with Gasteiger partial charge in [0, 0.05) is 0 Å². The number of hydrogen-bond acceptors (Lipinski definition) is 4. The molecule has 90 valence electrons. The molecule has 0 rings (SSSR count). The molecular formula is C12H18O4. The molecule has 0 spiro atoms. The zero-order valence-electron chi connectivity index (χ0n) is 10.2. The van der Waals surface area contributed by atoms with Crippen molar-refractivity contribution in [1.82, 2.24) is 0 Å². The molecular weight excluding hydrogens is 208 g/mol. The zero-order valence-corrected chi connectivity index (χ0v) is 10.2. The summed E-state index contributed by atoms with van der Waals surface area (Å²) in [6, 6.07) is 0. The number of carbonyl (C=O) groups is 2. The third-order valence-electron chi connectivity index (χ3n) is 1.86. The van der Waals surface area contributed by atoms with Crippen molar-refractivity contribution >= 4 is 11.9 Å². The van der Waals surface area contributed by atoms with Crippen LogP contribution in [0.3, 0.4) is 0 Å². The van der Waals surface area contributed by atoms with E-state index in [1.807, 2.05) is 0 Å². The third kappa shape index (κ3) is 3.88. The van der Waals surface area contributed by atoms with Crippen LogP contribution in [0.2, 0.25) is 0 Å². The second-order valence-corrected chi connectivity index (χ2v) is 2.85. The molecule has 0 aromatic carbocycles. The van der Waals surface area contributed by atoms with Crippen LogP contribution in [0.4, 0.5) is 0 Å². The van der Waals surface area contributed by atoms with E-state index in [-0.39, 0.29) is 24.4 Å². The highest BCUT2D eigenvalue weighted by Gasteiger charge is 2.21. The number of rotatable bonds is 5. The Balaban J connectivity index is 4.94. The Morgan fingerprint density at radius 1 is 0.875 bits per heavy atom. The lowest BCUT2D eigenvalue weighted by Crippen LogP contribution is -2.16. The predicted molar refractivity (Wildman–Crippen MR) is 60.8 cm³/mol. The summed E-state index contributed by atoms with van der Waals surface area (Å²) in [5, 5.41) is 0. The van der Waals surface area contributed by atoms with Crippen molar-refractivity contribution in [3.63, 3.8) is 0 Å². The summed E-state index contributed by atoms with van der Waals surface area (Å²) >= 11 is 0. The van der Waals surface area contributed by atoms with Crippen LogP contribution in [-0.2, 0) is 19.1 Å². The molecule has 16 heavy (non-hydrogen) atoms. The predicted octanol–water partition coefficient (Wildman–Crippen LogP) is 2.01. The molecule has 4 nitrogen and oxygen atoms in total. The standard InChI is InChI=1S/C12H18O4/c1-5-9(11(13)15-7-3)10(6-2)12(14)16-8-4/h5-6H,7-8H2,1-4H3. The molecule has 0 bridgehead atoms. The topological polar surface area (TPSA) is 52.6 Å². The second-order valence-electron chi connectivity index (χ2n) is 2.85. The first-order valence-electron chi connectivity index (χ1n) is 5.29. The largest absolute Gasteiger partial charge is 0.462 e. The SMILES string of the molecule is CC=C(C(=O)OCC)C(=CC)C(=O)OCC. The van der Waals surface area contributed by atoms with Crippen LogP contribution in [0.1, 0.15) is 27.7 Å². The zero-order chi connectivity index (χ0) is 12.6. The first-order valence-corrected chi connectivity index (χ1v) is 5.29. The Bertz CT molecular complexity index is 281. The van der Waals surface area contributed by atoms with Crippen LogP contribution in [0.5, 0.6) is 0 Å². The van der Waals surface area contributed by atoms with Gasteiger partial charge in [-0.25, -0.2) is 9.59 Å². The van der Waals surface area contributed by atoms with Gasteiger partial charge in [-0.1, -0.05) is 12.2 Å². The molecule has 4 heteroatoms. The van der Waals surface area contributed by atoms with Crippen molar-refractivity contribution in [1.29, 1.82) is 0 Å². The summed E-state index contributed by atoms with van der Waals surface area (Å²) in [4.78, 5) is 23.1. The van der Waals surface area contributed by atoms with Crippen LogP contribution in [0.25, 0.3) is 0 Å². The van der Waals surface area contributed by atoms with E-state index in [0.717, 1.165) is 0 Å². The fraction of sp³-hybridized carbons (Fsp3) is 0.500. The van der Waals surface area contributed by atoms with Crippen LogP contribution in [0.15, 0.2) is 23.3 Å². The molecule has 0 saturated heterocycles. The van der Waals surface area contributed by atoms with E-state index < -0.39 is 11.9 Å². The van der Waals surface area contributed by atoms with Gasteiger partial charge in [0.1, 0.15) is 0 Å². The Hall–Kier alpha value is -1.58. The van der Waals surface area contributed by atoms with E-state index in [2.05, 4.69) is 0 Å². The van der Waals surface area contributed by atoms with Crippen molar-refractivity contribution in [3.8, 4) is 0 Å². The highest BCUT2D eigenvalue weighted by atomic mass is 16.5. The highest BCUT2D eigenvalue weighted by molar-refractivity contribution is 6.06. The number of hydrogen-bond donors (Lipinski definition) is 0. The lowest BCUT2D eigenvalue weighted by atomic mass is 10.1. The van der Waals surface area contributed by atoms with Gasteiger partial charge in [-0.15, -0.1) is 0 Å². The molecule has 0 N–H and O–H groups in total. The average molecular weight is 226 g/mol. The Labute approximate surface area is 95.9 Å². The molecule has 0 atom stereocenters. The molecule has 0 aliphatic carbocycles.